The Labute approximate surface area is 143 Å². The third-order valence-corrected chi connectivity index (χ3v) is 3.57. The highest BCUT2D eigenvalue weighted by atomic mass is 16.5. The molecule has 0 radical (unpaired) electrons. The number of ether oxygens (including phenoxy) is 2. The maximum absolute atomic E-state index is 12.1. The number of rotatable bonds is 9. The first kappa shape index (κ1) is 17.7. The Morgan fingerprint density at radius 2 is 2.08 bits per heavy atom. The number of benzene rings is 1. The SMILES string of the molecule is CCCCCOc1ccc(/C=C/C(=O)c2cccnc2)cc1OC. The third kappa shape index (κ3) is 5.23. The molecule has 1 heterocycles. The van der Waals surface area contributed by atoms with Crippen LogP contribution in [0.4, 0.5) is 0 Å². The molecule has 0 atom stereocenters. The van der Waals surface area contributed by atoms with Crippen molar-refractivity contribution in [2.45, 2.75) is 26.2 Å². The fourth-order valence-corrected chi connectivity index (χ4v) is 2.22. The summed E-state index contributed by atoms with van der Waals surface area (Å²) in [5, 5.41) is 0. The van der Waals surface area contributed by atoms with Crippen molar-refractivity contribution in [3.8, 4) is 11.5 Å². The summed E-state index contributed by atoms with van der Waals surface area (Å²) in [7, 11) is 1.61. The number of ketones is 1. The van der Waals surface area contributed by atoms with Crippen molar-refractivity contribution in [1.82, 2.24) is 4.98 Å². The summed E-state index contributed by atoms with van der Waals surface area (Å²) >= 11 is 0. The summed E-state index contributed by atoms with van der Waals surface area (Å²) in [5.74, 6) is 1.31. The number of carbonyl (C=O) groups is 1. The van der Waals surface area contributed by atoms with Gasteiger partial charge < -0.3 is 9.47 Å². The topological polar surface area (TPSA) is 48.4 Å². The van der Waals surface area contributed by atoms with E-state index in [2.05, 4.69) is 11.9 Å². The predicted molar refractivity (Wildman–Crippen MR) is 95.6 cm³/mol. The van der Waals surface area contributed by atoms with E-state index in [4.69, 9.17) is 9.47 Å². The Bertz CT molecular complexity index is 681. The molecule has 0 saturated carbocycles. The van der Waals surface area contributed by atoms with Gasteiger partial charge in [-0.15, -0.1) is 0 Å². The number of allylic oxidation sites excluding steroid dienone is 1. The molecular weight excluding hydrogens is 302 g/mol. The molecule has 0 amide bonds. The molecule has 0 saturated heterocycles. The smallest absolute Gasteiger partial charge is 0.187 e. The van der Waals surface area contributed by atoms with Gasteiger partial charge in [-0.1, -0.05) is 31.9 Å². The van der Waals surface area contributed by atoms with Gasteiger partial charge in [0.15, 0.2) is 17.3 Å². The second kappa shape index (κ2) is 9.50. The van der Waals surface area contributed by atoms with Crippen molar-refractivity contribution >= 4 is 11.9 Å². The average molecular weight is 325 g/mol. The molecule has 1 aromatic carbocycles. The molecule has 0 aliphatic rings. The summed E-state index contributed by atoms with van der Waals surface area (Å²) in [5.41, 5.74) is 1.45. The van der Waals surface area contributed by atoms with E-state index in [1.807, 2.05) is 18.2 Å². The molecule has 2 rings (SSSR count). The zero-order valence-electron chi connectivity index (χ0n) is 14.2. The highest BCUT2D eigenvalue weighted by Gasteiger charge is 2.05. The molecule has 1 aromatic heterocycles. The van der Waals surface area contributed by atoms with Crippen LogP contribution in [-0.2, 0) is 0 Å². The Morgan fingerprint density at radius 3 is 2.79 bits per heavy atom. The number of aromatic nitrogens is 1. The predicted octanol–water partition coefficient (Wildman–Crippen LogP) is 4.56. The monoisotopic (exact) mass is 325 g/mol. The van der Waals surface area contributed by atoms with Gasteiger partial charge in [-0.3, -0.25) is 9.78 Å². The largest absolute Gasteiger partial charge is 0.493 e. The summed E-state index contributed by atoms with van der Waals surface area (Å²) in [6.07, 6.45) is 9.84. The lowest BCUT2D eigenvalue weighted by Crippen LogP contribution is -1.99. The van der Waals surface area contributed by atoms with Gasteiger partial charge in [-0.05, 0) is 42.3 Å². The van der Waals surface area contributed by atoms with Crippen LogP contribution in [0.25, 0.3) is 6.08 Å². The number of carbonyl (C=O) groups excluding carboxylic acids is 1. The van der Waals surface area contributed by atoms with Crippen LogP contribution in [-0.4, -0.2) is 24.5 Å². The van der Waals surface area contributed by atoms with Gasteiger partial charge in [0.1, 0.15) is 0 Å². The fourth-order valence-electron chi connectivity index (χ4n) is 2.22. The molecule has 0 bridgehead atoms. The Kier molecular flexibility index (Phi) is 7.02. The first-order chi connectivity index (χ1) is 11.7. The van der Waals surface area contributed by atoms with Crippen LogP contribution < -0.4 is 9.47 Å². The minimum Gasteiger partial charge on any atom is -0.493 e. The minimum atomic E-state index is -0.0815. The molecule has 126 valence electrons. The third-order valence-electron chi connectivity index (χ3n) is 3.57. The first-order valence-corrected chi connectivity index (χ1v) is 8.18. The highest BCUT2D eigenvalue weighted by molar-refractivity contribution is 6.06. The van der Waals surface area contributed by atoms with Gasteiger partial charge in [0.25, 0.3) is 0 Å². The van der Waals surface area contributed by atoms with E-state index < -0.39 is 0 Å². The lowest BCUT2D eigenvalue weighted by Gasteiger charge is -2.11. The second-order valence-corrected chi connectivity index (χ2v) is 5.41. The quantitative estimate of drug-likeness (QED) is 0.385. The molecule has 0 unspecified atom stereocenters. The van der Waals surface area contributed by atoms with Crippen molar-refractivity contribution in [3.05, 3.63) is 59.9 Å². The van der Waals surface area contributed by atoms with E-state index in [0.29, 0.717) is 17.9 Å². The van der Waals surface area contributed by atoms with Crippen LogP contribution in [0.15, 0.2) is 48.8 Å². The summed E-state index contributed by atoms with van der Waals surface area (Å²) in [6.45, 7) is 2.84. The fraction of sp³-hybridized carbons (Fsp3) is 0.300. The van der Waals surface area contributed by atoms with E-state index >= 15 is 0 Å². The molecule has 4 nitrogen and oxygen atoms in total. The van der Waals surface area contributed by atoms with Crippen molar-refractivity contribution in [2.75, 3.05) is 13.7 Å². The number of pyridine rings is 1. The number of methoxy groups -OCH3 is 1. The van der Waals surface area contributed by atoms with Crippen LogP contribution in [0, 0.1) is 0 Å². The van der Waals surface area contributed by atoms with Crippen LogP contribution in [0.5, 0.6) is 11.5 Å². The highest BCUT2D eigenvalue weighted by Crippen LogP contribution is 2.28. The molecule has 0 N–H and O–H groups in total. The Morgan fingerprint density at radius 1 is 1.21 bits per heavy atom. The average Bonchev–Trinajstić information content (AvgIpc) is 2.64. The maximum Gasteiger partial charge on any atom is 0.187 e. The van der Waals surface area contributed by atoms with Crippen LogP contribution in [0.1, 0.15) is 42.1 Å². The Hall–Kier alpha value is -2.62. The summed E-state index contributed by atoms with van der Waals surface area (Å²) in [6, 6.07) is 9.13. The van der Waals surface area contributed by atoms with Crippen molar-refractivity contribution in [3.63, 3.8) is 0 Å². The molecule has 24 heavy (non-hydrogen) atoms. The van der Waals surface area contributed by atoms with Crippen molar-refractivity contribution < 1.29 is 14.3 Å². The van der Waals surface area contributed by atoms with Gasteiger partial charge in [-0.25, -0.2) is 0 Å². The first-order valence-electron chi connectivity index (χ1n) is 8.18. The van der Waals surface area contributed by atoms with Crippen molar-refractivity contribution in [1.29, 1.82) is 0 Å². The molecule has 0 spiro atoms. The minimum absolute atomic E-state index is 0.0815. The second-order valence-electron chi connectivity index (χ2n) is 5.41. The van der Waals surface area contributed by atoms with Gasteiger partial charge in [-0.2, -0.15) is 0 Å². The molecule has 2 aromatic rings. The summed E-state index contributed by atoms with van der Waals surface area (Å²) in [4.78, 5) is 16.0. The molecule has 0 fully saturated rings. The number of hydrogen-bond acceptors (Lipinski definition) is 4. The van der Waals surface area contributed by atoms with Crippen LogP contribution >= 0.6 is 0 Å². The number of unbranched alkanes of at least 4 members (excludes halogenated alkanes) is 2. The zero-order chi connectivity index (χ0) is 17.2. The van der Waals surface area contributed by atoms with Gasteiger partial charge in [0.2, 0.25) is 0 Å². The van der Waals surface area contributed by atoms with Crippen molar-refractivity contribution in [2.24, 2.45) is 0 Å². The van der Waals surface area contributed by atoms with Crippen LogP contribution in [0.3, 0.4) is 0 Å². The molecular formula is C20H23NO3. The standard InChI is InChI=1S/C20H23NO3/c1-3-4-5-13-24-19-11-9-16(14-20(19)23-2)8-10-18(22)17-7-6-12-21-15-17/h6-12,14-15H,3-5,13H2,1-2H3/b10-8+. The molecule has 0 aliphatic heterocycles. The molecule has 0 aliphatic carbocycles. The van der Waals surface area contributed by atoms with Gasteiger partial charge in [0.05, 0.1) is 13.7 Å². The lowest BCUT2D eigenvalue weighted by atomic mass is 10.1. The van der Waals surface area contributed by atoms with Crippen LogP contribution in [0.2, 0.25) is 0 Å². The normalized spacial score (nSPS) is 10.8. The summed E-state index contributed by atoms with van der Waals surface area (Å²) < 4.78 is 11.1. The van der Waals surface area contributed by atoms with E-state index in [0.717, 1.165) is 30.6 Å². The maximum atomic E-state index is 12.1. The number of hydrogen-bond donors (Lipinski definition) is 0. The van der Waals surface area contributed by atoms with E-state index in [1.165, 1.54) is 6.08 Å². The lowest BCUT2D eigenvalue weighted by molar-refractivity contribution is 0.104. The van der Waals surface area contributed by atoms with E-state index in [1.54, 1.807) is 37.7 Å². The van der Waals surface area contributed by atoms with E-state index in [-0.39, 0.29) is 5.78 Å². The van der Waals surface area contributed by atoms with E-state index in [9.17, 15) is 4.79 Å². The molecule has 4 heteroatoms. The Balaban J connectivity index is 2.03. The number of nitrogens with zero attached hydrogens (tertiary/aromatic N) is 1. The van der Waals surface area contributed by atoms with Gasteiger partial charge in [0, 0.05) is 18.0 Å². The van der Waals surface area contributed by atoms with Gasteiger partial charge >= 0.3 is 0 Å². The zero-order valence-corrected chi connectivity index (χ0v) is 14.2.